The van der Waals surface area contributed by atoms with Gasteiger partial charge in [0.1, 0.15) is 4.99 Å². The van der Waals surface area contributed by atoms with Gasteiger partial charge in [0.15, 0.2) is 0 Å². The molecule has 0 spiro atoms. The van der Waals surface area contributed by atoms with Crippen molar-refractivity contribution in [1.29, 1.82) is 0 Å². The van der Waals surface area contributed by atoms with Gasteiger partial charge in [-0.2, -0.15) is 0 Å². The zero-order chi connectivity index (χ0) is 14.9. The number of nitrogens with one attached hydrogen (secondary N) is 1. The fraction of sp³-hybridized carbons (Fsp3) is 0.235. The summed E-state index contributed by atoms with van der Waals surface area (Å²) in [5.74, 6) is 0. The molecule has 2 aromatic carbocycles. The van der Waals surface area contributed by atoms with Crippen LogP contribution in [0.15, 0.2) is 30.3 Å². The average molecular weight is 284 g/mol. The molecule has 2 aromatic rings. The first kappa shape index (κ1) is 14.5. The van der Waals surface area contributed by atoms with Gasteiger partial charge in [-0.1, -0.05) is 36.0 Å². The number of rotatable bonds is 3. The smallest absolute Gasteiger partial charge is 0.106 e. The van der Waals surface area contributed by atoms with Crippen molar-refractivity contribution in [2.24, 2.45) is 5.73 Å². The number of aryl methyl sites for hydroxylation is 4. The van der Waals surface area contributed by atoms with Crippen LogP contribution in [0, 0.1) is 27.7 Å². The maximum Gasteiger partial charge on any atom is 0.106 e. The summed E-state index contributed by atoms with van der Waals surface area (Å²) < 4.78 is 0. The third-order valence-electron chi connectivity index (χ3n) is 3.38. The molecule has 0 unspecified atom stereocenters. The zero-order valence-corrected chi connectivity index (χ0v) is 13.2. The molecule has 2 rings (SSSR count). The van der Waals surface area contributed by atoms with Crippen molar-refractivity contribution in [2.45, 2.75) is 27.7 Å². The summed E-state index contributed by atoms with van der Waals surface area (Å²) in [6, 6.07) is 10.4. The standard InChI is InChI=1S/C17H20N2S/c1-10-5-6-14(17(18)20)15(9-10)19-16-12(3)7-11(2)8-13(16)4/h5-9,19H,1-4H3,(H2,18,20). The molecule has 0 atom stereocenters. The molecule has 0 saturated carbocycles. The monoisotopic (exact) mass is 284 g/mol. The molecule has 0 bridgehead atoms. The third kappa shape index (κ3) is 2.99. The second-order valence-corrected chi connectivity index (χ2v) is 5.75. The first-order chi connectivity index (χ1) is 9.38. The Balaban J connectivity index is 2.50. The van der Waals surface area contributed by atoms with Crippen molar-refractivity contribution in [3.63, 3.8) is 0 Å². The quantitative estimate of drug-likeness (QED) is 0.825. The van der Waals surface area contributed by atoms with Crippen molar-refractivity contribution in [3.8, 4) is 0 Å². The number of nitrogens with two attached hydrogens (primary N) is 1. The largest absolute Gasteiger partial charge is 0.389 e. The van der Waals surface area contributed by atoms with E-state index in [1.165, 1.54) is 22.3 Å². The summed E-state index contributed by atoms with van der Waals surface area (Å²) in [5, 5.41) is 3.49. The Morgan fingerprint density at radius 1 is 0.950 bits per heavy atom. The van der Waals surface area contributed by atoms with Crippen molar-refractivity contribution in [1.82, 2.24) is 0 Å². The topological polar surface area (TPSA) is 38.0 Å². The van der Waals surface area contributed by atoms with Crippen LogP contribution in [0.3, 0.4) is 0 Å². The molecule has 0 aliphatic heterocycles. The lowest BCUT2D eigenvalue weighted by atomic mass is 10.0. The number of benzene rings is 2. The molecular formula is C17H20N2S. The van der Waals surface area contributed by atoms with E-state index in [2.05, 4.69) is 51.2 Å². The highest BCUT2D eigenvalue weighted by atomic mass is 32.1. The Morgan fingerprint density at radius 2 is 1.55 bits per heavy atom. The molecule has 20 heavy (non-hydrogen) atoms. The maximum atomic E-state index is 5.81. The minimum Gasteiger partial charge on any atom is -0.389 e. The number of hydrogen-bond donors (Lipinski definition) is 2. The Hall–Kier alpha value is -1.87. The molecule has 0 aromatic heterocycles. The van der Waals surface area contributed by atoms with Crippen molar-refractivity contribution in [3.05, 3.63) is 58.1 Å². The minimum absolute atomic E-state index is 0.412. The fourth-order valence-corrected chi connectivity index (χ4v) is 2.67. The van der Waals surface area contributed by atoms with Crippen LogP contribution in [0.1, 0.15) is 27.8 Å². The van der Waals surface area contributed by atoms with E-state index in [0.29, 0.717) is 4.99 Å². The molecular weight excluding hydrogens is 264 g/mol. The molecule has 0 aliphatic rings. The Kier molecular flexibility index (Phi) is 4.09. The van der Waals surface area contributed by atoms with Crippen LogP contribution in [-0.4, -0.2) is 4.99 Å². The lowest BCUT2D eigenvalue weighted by Gasteiger charge is -2.17. The lowest BCUT2D eigenvalue weighted by molar-refractivity contribution is 1.30. The molecule has 0 fully saturated rings. The highest BCUT2D eigenvalue weighted by Gasteiger charge is 2.09. The summed E-state index contributed by atoms with van der Waals surface area (Å²) in [5.41, 5.74) is 13.7. The molecule has 0 heterocycles. The summed E-state index contributed by atoms with van der Waals surface area (Å²) in [4.78, 5) is 0.412. The average Bonchev–Trinajstić information content (AvgIpc) is 2.33. The van der Waals surface area contributed by atoms with Gasteiger partial charge in [0, 0.05) is 16.9 Å². The number of anilines is 2. The molecule has 3 heteroatoms. The van der Waals surface area contributed by atoms with Crippen LogP contribution in [0.4, 0.5) is 11.4 Å². The van der Waals surface area contributed by atoms with Crippen molar-refractivity contribution < 1.29 is 0 Å². The number of thiocarbonyl (C=S) groups is 1. The van der Waals surface area contributed by atoms with Gasteiger partial charge in [0.25, 0.3) is 0 Å². The van der Waals surface area contributed by atoms with Gasteiger partial charge < -0.3 is 11.1 Å². The molecule has 2 nitrogen and oxygen atoms in total. The maximum absolute atomic E-state index is 5.81. The van der Waals surface area contributed by atoms with Gasteiger partial charge in [-0.25, -0.2) is 0 Å². The normalized spacial score (nSPS) is 10.4. The lowest BCUT2D eigenvalue weighted by Crippen LogP contribution is -2.12. The van der Waals surface area contributed by atoms with E-state index in [0.717, 1.165) is 16.9 Å². The van der Waals surface area contributed by atoms with E-state index in [9.17, 15) is 0 Å². The highest BCUT2D eigenvalue weighted by Crippen LogP contribution is 2.28. The van der Waals surface area contributed by atoms with E-state index in [4.69, 9.17) is 18.0 Å². The Morgan fingerprint density at radius 3 is 2.10 bits per heavy atom. The van der Waals surface area contributed by atoms with Crippen molar-refractivity contribution >= 4 is 28.6 Å². The highest BCUT2D eigenvalue weighted by molar-refractivity contribution is 7.80. The van der Waals surface area contributed by atoms with Gasteiger partial charge in [0.05, 0.1) is 0 Å². The van der Waals surface area contributed by atoms with Gasteiger partial charge in [-0.15, -0.1) is 0 Å². The van der Waals surface area contributed by atoms with Crippen LogP contribution in [-0.2, 0) is 0 Å². The SMILES string of the molecule is Cc1cc(C)c(Nc2cc(C)ccc2C(N)=S)c(C)c1. The van der Waals surface area contributed by atoms with Crippen LogP contribution in [0.5, 0.6) is 0 Å². The Labute approximate surface area is 126 Å². The molecule has 0 amide bonds. The van der Waals surface area contributed by atoms with E-state index < -0.39 is 0 Å². The van der Waals surface area contributed by atoms with Crippen LogP contribution >= 0.6 is 12.2 Å². The summed E-state index contributed by atoms with van der Waals surface area (Å²) in [6.07, 6.45) is 0. The van der Waals surface area contributed by atoms with E-state index in [1.54, 1.807) is 0 Å². The zero-order valence-electron chi connectivity index (χ0n) is 12.4. The molecule has 0 radical (unpaired) electrons. The van der Waals surface area contributed by atoms with E-state index >= 15 is 0 Å². The van der Waals surface area contributed by atoms with E-state index in [-0.39, 0.29) is 0 Å². The summed E-state index contributed by atoms with van der Waals surface area (Å²) in [7, 11) is 0. The van der Waals surface area contributed by atoms with Crippen LogP contribution in [0.2, 0.25) is 0 Å². The third-order valence-corrected chi connectivity index (χ3v) is 3.60. The minimum atomic E-state index is 0.412. The molecule has 0 saturated heterocycles. The fourth-order valence-electron chi connectivity index (χ4n) is 2.49. The Bertz CT molecular complexity index is 652. The second kappa shape index (κ2) is 5.63. The first-order valence-corrected chi connectivity index (χ1v) is 7.04. The van der Waals surface area contributed by atoms with Gasteiger partial charge in [0.2, 0.25) is 0 Å². The first-order valence-electron chi connectivity index (χ1n) is 6.64. The summed E-state index contributed by atoms with van der Waals surface area (Å²) in [6.45, 7) is 8.39. The van der Waals surface area contributed by atoms with Crippen LogP contribution < -0.4 is 11.1 Å². The molecule has 3 N–H and O–H groups in total. The molecule has 0 aliphatic carbocycles. The predicted octanol–water partition coefficient (Wildman–Crippen LogP) is 4.30. The van der Waals surface area contributed by atoms with Gasteiger partial charge in [-0.3, -0.25) is 0 Å². The predicted molar refractivity (Wildman–Crippen MR) is 91.0 cm³/mol. The van der Waals surface area contributed by atoms with Gasteiger partial charge >= 0.3 is 0 Å². The summed E-state index contributed by atoms with van der Waals surface area (Å²) >= 11 is 5.13. The second-order valence-electron chi connectivity index (χ2n) is 5.31. The van der Waals surface area contributed by atoms with Crippen molar-refractivity contribution in [2.75, 3.05) is 5.32 Å². The molecule has 104 valence electrons. The van der Waals surface area contributed by atoms with Gasteiger partial charge in [-0.05, 0) is 56.5 Å². The van der Waals surface area contributed by atoms with E-state index in [1.807, 2.05) is 12.1 Å². The van der Waals surface area contributed by atoms with Crippen LogP contribution in [0.25, 0.3) is 0 Å². The number of hydrogen-bond acceptors (Lipinski definition) is 2.